The van der Waals surface area contributed by atoms with E-state index in [1.165, 1.54) is 0 Å². The molecule has 3 heteroatoms. The molecule has 0 radical (unpaired) electrons. The van der Waals surface area contributed by atoms with Gasteiger partial charge >= 0.3 is 0 Å². The molecule has 1 aromatic carbocycles. The van der Waals surface area contributed by atoms with Crippen LogP contribution in [-0.4, -0.2) is 16.0 Å². The van der Waals surface area contributed by atoms with E-state index in [9.17, 15) is 15.0 Å². The van der Waals surface area contributed by atoms with Crippen molar-refractivity contribution in [3.63, 3.8) is 0 Å². The zero-order valence-electron chi connectivity index (χ0n) is 10.7. The number of phenolic OH excluding ortho intramolecular Hbond substituents is 1. The van der Waals surface area contributed by atoms with Crippen molar-refractivity contribution in [2.45, 2.75) is 33.1 Å². The van der Waals surface area contributed by atoms with Crippen LogP contribution >= 0.6 is 0 Å². The first-order chi connectivity index (χ1) is 8.39. The Morgan fingerprint density at radius 1 is 1.17 bits per heavy atom. The highest BCUT2D eigenvalue weighted by Gasteiger charge is 2.32. The Labute approximate surface area is 107 Å². The maximum Gasteiger partial charge on any atom is 0.163 e. The Balaban J connectivity index is 2.29. The van der Waals surface area contributed by atoms with Gasteiger partial charge in [-0.3, -0.25) is 4.79 Å². The number of aromatic hydroxyl groups is 1. The van der Waals surface area contributed by atoms with Crippen LogP contribution in [0.15, 0.2) is 35.6 Å². The molecule has 0 amide bonds. The van der Waals surface area contributed by atoms with Crippen LogP contribution in [-0.2, 0) is 11.2 Å². The zero-order valence-corrected chi connectivity index (χ0v) is 10.7. The zero-order chi connectivity index (χ0) is 13.3. The molecule has 1 aromatic rings. The number of phenols is 1. The maximum absolute atomic E-state index is 12.0. The lowest BCUT2D eigenvalue weighted by atomic mass is 9.75. The first-order valence-electron chi connectivity index (χ1n) is 6.10. The van der Waals surface area contributed by atoms with Crippen molar-refractivity contribution < 1.29 is 15.0 Å². The second-order valence-electron chi connectivity index (χ2n) is 5.67. The van der Waals surface area contributed by atoms with Gasteiger partial charge in [-0.2, -0.15) is 0 Å². The van der Waals surface area contributed by atoms with Crippen LogP contribution in [0, 0.1) is 5.41 Å². The number of para-hydroxylation sites is 1. The number of carbonyl (C=O) groups excluding carboxylic acids is 1. The highest BCUT2D eigenvalue weighted by molar-refractivity contribution is 5.97. The molecule has 1 aliphatic rings. The van der Waals surface area contributed by atoms with E-state index in [4.69, 9.17) is 0 Å². The number of aliphatic hydroxyl groups excluding tert-OH is 1. The number of rotatable bonds is 2. The second kappa shape index (κ2) is 4.48. The number of Topliss-reactive ketones (excluding diaryl/α,β-unsaturated/α-hetero) is 1. The molecule has 0 heterocycles. The molecule has 0 fully saturated rings. The van der Waals surface area contributed by atoms with Gasteiger partial charge in [-0.25, -0.2) is 0 Å². The Morgan fingerprint density at radius 3 is 2.44 bits per heavy atom. The first-order valence-corrected chi connectivity index (χ1v) is 6.10. The summed E-state index contributed by atoms with van der Waals surface area (Å²) in [4.78, 5) is 12.0. The Morgan fingerprint density at radius 2 is 1.83 bits per heavy atom. The van der Waals surface area contributed by atoms with Crippen molar-refractivity contribution in [3.05, 3.63) is 41.2 Å². The monoisotopic (exact) mass is 246 g/mol. The van der Waals surface area contributed by atoms with Gasteiger partial charge in [-0.1, -0.05) is 32.0 Å². The van der Waals surface area contributed by atoms with E-state index in [2.05, 4.69) is 0 Å². The molecular formula is C15H18O3. The number of carbonyl (C=O) groups is 1. The molecular weight excluding hydrogens is 228 g/mol. The minimum Gasteiger partial charge on any atom is -0.512 e. The quantitative estimate of drug-likeness (QED) is 0.842. The molecule has 1 aliphatic carbocycles. The number of allylic oxidation sites excluding steroid dienone is 2. The molecule has 0 bridgehead atoms. The van der Waals surface area contributed by atoms with Crippen LogP contribution in [0.2, 0.25) is 0 Å². The SMILES string of the molecule is CC1(C)CC(=O)C(Cc2ccccc2O)=C(O)C1. The maximum atomic E-state index is 12.0. The van der Waals surface area contributed by atoms with E-state index in [-0.39, 0.29) is 22.7 Å². The number of aliphatic hydroxyl groups is 1. The molecule has 18 heavy (non-hydrogen) atoms. The van der Waals surface area contributed by atoms with Crippen molar-refractivity contribution >= 4 is 5.78 Å². The minimum absolute atomic E-state index is 0.0213. The average Bonchev–Trinajstić information content (AvgIpc) is 2.24. The number of ketones is 1. The molecule has 3 nitrogen and oxygen atoms in total. The fourth-order valence-electron chi connectivity index (χ4n) is 2.38. The number of hydrogen-bond acceptors (Lipinski definition) is 3. The summed E-state index contributed by atoms with van der Waals surface area (Å²) in [5, 5.41) is 19.7. The first kappa shape index (κ1) is 12.7. The largest absolute Gasteiger partial charge is 0.512 e. The molecule has 0 saturated heterocycles. The summed E-state index contributed by atoms with van der Waals surface area (Å²) in [7, 11) is 0. The van der Waals surface area contributed by atoms with Gasteiger partial charge in [-0.15, -0.1) is 0 Å². The predicted molar refractivity (Wildman–Crippen MR) is 69.5 cm³/mol. The third-order valence-electron chi connectivity index (χ3n) is 3.33. The van der Waals surface area contributed by atoms with Gasteiger partial charge in [0.25, 0.3) is 0 Å². The topological polar surface area (TPSA) is 57.5 Å². The van der Waals surface area contributed by atoms with Gasteiger partial charge < -0.3 is 10.2 Å². The fraction of sp³-hybridized carbons (Fsp3) is 0.400. The van der Waals surface area contributed by atoms with Gasteiger partial charge in [0.2, 0.25) is 0 Å². The van der Waals surface area contributed by atoms with Crippen molar-refractivity contribution in [1.82, 2.24) is 0 Å². The summed E-state index contributed by atoms with van der Waals surface area (Å²) in [6.45, 7) is 3.94. The molecule has 0 aromatic heterocycles. The van der Waals surface area contributed by atoms with Crippen molar-refractivity contribution in [3.8, 4) is 5.75 Å². The van der Waals surface area contributed by atoms with E-state index in [0.29, 0.717) is 30.4 Å². The standard InChI is InChI=1S/C15H18O3/c1-15(2)8-13(17)11(14(18)9-15)7-10-5-3-4-6-12(10)16/h3-6,16-17H,7-9H2,1-2H3. The normalized spacial score (nSPS) is 19.1. The molecule has 2 rings (SSSR count). The van der Waals surface area contributed by atoms with E-state index in [1.54, 1.807) is 18.2 Å². The molecule has 0 spiro atoms. The summed E-state index contributed by atoms with van der Waals surface area (Å²) in [6.07, 6.45) is 1.26. The van der Waals surface area contributed by atoms with Crippen LogP contribution < -0.4 is 0 Å². The van der Waals surface area contributed by atoms with Crippen molar-refractivity contribution in [1.29, 1.82) is 0 Å². The lowest BCUT2D eigenvalue weighted by Crippen LogP contribution is -2.26. The van der Waals surface area contributed by atoms with Crippen molar-refractivity contribution in [2.75, 3.05) is 0 Å². The van der Waals surface area contributed by atoms with E-state index in [1.807, 2.05) is 19.9 Å². The molecule has 0 atom stereocenters. The summed E-state index contributed by atoms with van der Waals surface area (Å²) in [5.74, 6) is 0.307. The van der Waals surface area contributed by atoms with Crippen LogP contribution in [0.4, 0.5) is 0 Å². The van der Waals surface area contributed by atoms with Crippen molar-refractivity contribution in [2.24, 2.45) is 5.41 Å². The van der Waals surface area contributed by atoms with Gasteiger partial charge in [0, 0.05) is 24.8 Å². The Kier molecular flexibility index (Phi) is 3.16. The van der Waals surface area contributed by atoms with E-state index in [0.717, 1.165) is 0 Å². The molecule has 0 saturated carbocycles. The van der Waals surface area contributed by atoms with Crippen LogP contribution in [0.1, 0.15) is 32.3 Å². The van der Waals surface area contributed by atoms with Gasteiger partial charge in [0.15, 0.2) is 5.78 Å². The van der Waals surface area contributed by atoms with Crippen LogP contribution in [0.5, 0.6) is 5.75 Å². The van der Waals surface area contributed by atoms with Gasteiger partial charge in [0.05, 0.1) is 5.76 Å². The molecule has 0 aliphatic heterocycles. The summed E-state index contributed by atoms with van der Waals surface area (Å²) in [6, 6.07) is 6.90. The number of hydrogen-bond donors (Lipinski definition) is 2. The Hall–Kier alpha value is -1.77. The average molecular weight is 246 g/mol. The third kappa shape index (κ3) is 2.55. The summed E-state index contributed by atoms with van der Waals surface area (Å²) in [5.41, 5.74) is 0.937. The lowest BCUT2D eigenvalue weighted by Gasteiger charge is -2.29. The smallest absolute Gasteiger partial charge is 0.163 e. The third-order valence-corrected chi connectivity index (χ3v) is 3.33. The minimum atomic E-state index is -0.177. The number of benzene rings is 1. The highest BCUT2D eigenvalue weighted by atomic mass is 16.3. The van der Waals surface area contributed by atoms with E-state index >= 15 is 0 Å². The summed E-state index contributed by atoms with van der Waals surface area (Å²) < 4.78 is 0. The fourth-order valence-corrected chi connectivity index (χ4v) is 2.38. The summed E-state index contributed by atoms with van der Waals surface area (Å²) >= 11 is 0. The predicted octanol–water partition coefficient (Wildman–Crippen LogP) is 3.14. The van der Waals surface area contributed by atoms with Crippen LogP contribution in [0.25, 0.3) is 0 Å². The highest BCUT2D eigenvalue weighted by Crippen LogP contribution is 2.37. The van der Waals surface area contributed by atoms with Gasteiger partial charge in [0.1, 0.15) is 5.75 Å². The van der Waals surface area contributed by atoms with E-state index < -0.39 is 0 Å². The lowest BCUT2D eigenvalue weighted by molar-refractivity contribution is -0.118. The molecule has 2 N–H and O–H groups in total. The van der Waals surface area contributed by atoms with Crippen LogP contribution in [0.3, 0.4) is 0 Å². The second-order valence-corrected chi connectivity index (χ2v) is 5.67. The molecule has 0 unspecified atom stereocenters. The van der Waals surface area contributed by atoms with Gasteiger partial charge in [-0.05, 0) is 17.0 Å². The Bertz CT molecular complexity index is 512. The molecule has 96 valence electrons.